The second-order valence-corrected chi connectivity index (χ2v) is 14.1. The van der Waals surface area contributed by atoms with Crippen molar-refractivity contribution in [2.45, 2.75) is 24.8 Å². The van der Waals surface area contributed by atoms with E-state index in [1.807, 2.05) is 0 Å². The van der Waals surface area contributed by atoms with E-state index in [-0.39, 0.29) is 12.0 Å². The minimum absolute atomic E-state index is 0.0904. The first-order chi connectivity index (χ1) is 25.8. The quantitative estimate of drug-likeness (QED) is 0.187. The van der Waals surface area contributed by atoms with Crippen molar-refractivity contribution in [3.05, 3.63) is 181 Å². The molecule has 0 spiro atoms. The van der Waals surface area contributed by atoms with Crippen molar-refractivity contribution in [3.63, 3.8) is 0 Å². The molecule has 246 valence electrons. The molecule has 0 radical (unpaired) electrons. The van der Waals surface area contributed by atoms with Gasteiger partial charge in [-0.2, -0.15) is 0 Å². The molecule has 6 aromatic carbocycles. The average Bonchev–Trinajstić information content (AvgIpc) is 3.73. The molecule has 0 saturated heterocycles. The van der Waals surface area contributed by atoms with E-state index >= 15 is 0 Å². The number of hydrogen-bond donors (Lipinski definition) is 0. The molecule has 1 aliphatic heterocycles. The van der Waals surface area contributed by atoms with E-state index in [9.17, 15) is 0 Å². The molecule has 11 rings (SSSR count). The number of anilines is 2. The molecule has 8 aromatic rings. The standard InChI is InChI=1S/C48H34N4/c1-2-13-32(14-3-1)47-39-18-6-9-19-42(39)49-48(50-47)52-44-21-11-8-17-38(44)41-30-35(24-27-46(41)52)34-23-26-45-40(29-34)37-16-7-10-20-43(37)51(45)36-25-22-31-12-4-5-15-33(31)28-36/h1-4,6-14,16-30,38,44H,5,15H2. The highest BCUT2D eigenvalue weighted by Crippen LogP contribution is 2.49. The number of fused-ring (bicyclic) bond motifs is 8. The molecule has 4 heteroatoms. The van der Waals surface area contributed by atoms with Crippen LogP contribution in [0, 0.1) is 0 Å². The van der Waals surface area contributed by atoms with E-state index in [1.165, 1.54) is 55.3 Å². The summed E-state index contributed by atoms with van der Waals surface area (Å²) in [5.41, 5.74) is 14.3. The average molecular weight is 667 g/mol. The van der Waals surface area contributed by atoms with E-state index in [1.54, 1.807) is 0 Å². The summed E-state index contributed by atoms with van der Waals surface area (Å²) >= 11 is 0. The number of allylic oxidation sites excluding steroid dienone is 3. The first-order valence-corrected chi connectivity index (χ1v) is 18.2. The van der Waals surface area contributed by atoms with Gasteiger partial charge in [0.1, 0.15) is 0 Å². The van der Waals surface area contributed by atoms with Crippen LogP contribution < -0.4 is 4.90 Å². The number of benzene rings is 6. The van der Waals surface area contributed by atoms with Crippen LogP contribution in [0.15, 0.2) is 164 Å². The maximum Gasteiger partial charge on any atom is 0.231 e. The highest BCUT2D eigenvalue weighted by molar-refractivity contribution is 6.10. The van der Waals surface area contributed by atoms with Gasteiger partial charge in [0, 0.05) is 39.0 Å². The number of nitrogens with zero attached hydrogens (tertiary/aromatic N) is 4. The summed E-state index contributed by atoms with van der Waals surface area (Å²) < 4.78 is 2.44. The number of aryl methyl sites for hydroxylation is 1. The first kappa shape index (κ1) is 29.2. The Morgan fingerprint density at radius 2 is 1.38 bits per heavy atom. The van der Waals surface area contributed by atoms with Crippen LogP contribution >= 0.6 is 0 Å². The van der Waals surface area contributed by atoms with Crippen LogP contribution in [-0.2, 0) is 6.42 Å². The minimum atomic E-state index is 0.0904. The summed E-state index contributed by atoms with van der Waals surface area (Å²) in [6.45, 7) is 0. The molecular formula is C48H34N4. The van der Waals surface area contributed by atoms with Crippen molar-refractivity contribution >= 4 is 50.4 Å². The topological polar surface area (TPSA) is 34.0 Å². The van der Waals surface area contributed by atoms with Gasteiger partial charge in [0.05, 0.1) is 28.3 Å². The maximum atomic E-state index is 5.29. The van der Waals surface area contributed by atoms with Gasteiger partial charge in [0.15, 0.2) is 0 Å². The Balaban J connectivity index is 1.04. The van der Waals surface area contributed by atoms with Crippen LogP contribution in [0.2, 0.25) is 0 Å². The van der Waals surface area contributed by atoms with Crippen molar-refractivity contribution < 1.29 is 0 Å². The Morgan fingerprint density at radius 1 is 0.596 bits per heavy atom. The third-order valence-corrected chi connectivity index (χ3v) is 11.2. The summed E-state index contributed by atoms with van der Waals surface area (Å²) in [5, 5.41) is 3.60. The Kier molecular flexibility index (Phi) is 6.47. The lowest BCUT2D eigenvalue weighted by atomic mass is 9.89. The van der Waals surface area contributed by atoms with Crippen molar-refractivity contribution in [2.75, 3.05) is 4.90 Å². The van der Waals surface area contributed by atoms with Crippen molar-refractivity contribution in [2.24, 2.45) is 0 Å². The molecule has 3 heterocycles. The number of rotatable bonds is 4. The van der Waals surface area contributed by atoms with Gasteiger partial charge in [0.25, 0.3) is 0 Å². The monoisotopic (exact) mass is 666 g/mol. The van der Waals surface area contributed by atoms with Gasteiger partial charge in [-0.25, -0.2) is 9.97 Å². The Labute approximate surface area is 302 Å². The number of aromatic nitrogens is 3. The third-order valence-electron chi connectivity index (χ3n) is 11.2. The lowest BCUT2D eigenvalue weighted by Crippen LogP contribution is -2.30. The largest absolute Gasteiger partial charge is 0.309 e. The first-order valence-electron chi connectivity index (χ1n) is 18.2. The zero-order valence-corrected chi connectivity index (χ0v) is 28.5. The van der Waals surface area contributed by atoms with E-state index in [0.29, 0.717) is 0 Å². The molecule has 2 atom stereocenters. The molecular weight excluding hydrogens is 633 g/mol. The van der Waals surface area contributed by atoms with Gasteiger partial charge in [-0.1, -0.05) is 121 Å². The highest BCUT2D eigenvalue weighted by atomic mass is 15.3. The second-order valence-electron chi connectivity index (χ2n) is 14.1. The van der Waals surface area contributed by atoms with E-state index < -0.39 is 0 Å². The van der Waals surface area contributed by atoms with Crippen LogP contribution in [0.1, 0.15) is 29.0 Å². The fraction of sp³-hybridized carbons (Fsp3) is 0.0833. The van der Waals surface area contributed by atoms with Gasteiger partial charge < -0.3 is 9.47 Å². The minimum Gasteiger partial charge on any atom is -0.309 e. The molecule has 0 fully saturated rings. The van der Waals surface area contributed by atoms with E-state index in [2.05, 4.69) is 179 Å². The molecule has 0 bridgehead atoms. The molecule has 2 aromatic heterocycles. The van der Waals surface area contributed by atoms with Crippen LogP contribution in [0.4, 0.5) is 11.6 Å². The van der Waals surface area contributed by atoms with Crippen molar-refractivity contribution in [1.29, 1.82) is 0 Å². The molecule has 52 heavy (non-hydrogen) atoms. The van der Waals surface area contributed by atoms with Crippen molar-refractivity contribution in [1.82, 2.24) is 14.5 Å². The summed E-state index contributed by atoms with van der Waals surface area (Å²) in [4.78, 5) is 12.8. The fourth-order valence-corrected chi connectivity index (χ4v) is 8.73. The Bertz CT molecular complexity index is 2820. The summed E-state index contributed by atoms with van der Waals surface area (Å²) in [5.74, 6) is 0.922. The van der Waals surface area contributed by atoms with Gasteiger partial charge in [-0.15, -0.1) is 0 Å². The zero-order valence-electron chi connectivity index (χ0n) is 28.5. The van der Waals surface area contributed by atoms with Crippen molar-refractivity contribution in [3.8, 4) is 28.1 Å². The number of para-hydroxylation sites is 2. The smallest absolute Gasteiger partial charge is 0.231 e. The zero-order chi connectivity index (χ0) is 34.2. The van der Waals surface area contributed by atoms with Crippen LogP contribution in [-0.4, -0.2) is 20.6 Å². The Hall–Kier alpha value is -6.52. The van der Waals surface area contributed by atoms with Gasteiger partial charge >= 0.3 is 0 Å². The molecule has 2 aliphatic carbocycles. The predicted molar refractivity (Wildman–Crippen MR) is 215 cm³/mol. The predicted octanol–water partition coefficient (Wildman–Crippen LogP) is 11.8. The van der Waals surface area contributed by atoms with Gasteiger partial charge in [0.2, 0.25) is 5.95 Å². The lowest BCUT2D eigenvalue weighted by molar-refractivity contribution is 0.731. The third kappa shape index (κ3) is 4.47. The summed E-state index contributed by atoms with van der Waals surface area (Å²) in [6, 6.07) is 48.6. The molecule has 0 N–H and O–H groups in total. The van der Waals surface area contributed by atoms with E-state index in [4.69, 9.17) is 9.97 Å². The normalized spacial score (nSPS) is 17.2. The van der Waals surface area contributed by atoms with Crippen LogP contribution in [0.5, 0.6) is 0 Å². The summed E-state index contributed by atoms with van der Waals surface area (Å²) in [6.07, 6.45) is 15.7. The molecule has 2 unspecified atom stereocenters. The molecule has 0 amide bonds. The fourth-order valence-electron chi connectivity index (χ4n) is 8.73. The molecule has 0 saturated carbocycles. The van der Waals surface area contributed by atoms with Crippen LogP contribution in [0.3, 0.4) is 0 Å². The molecule has 4 nitrogen and oxygen atoms in total. The highest BCUT2D eigenvalue weighted by Gasteiger charge is 2.39. The second kappa shape index (κ2) is 11.5. The number of hydrogen-bond acceptors (Lipinski definition) is 3. The SMILES string of the molecule is C1=CC2c3cc(-c4ccc5c(c4)c4ccccc4n5-c4ccc5c(c4)CCC=C5)ccc3N(c3nc(-c4ccccc4)c4ccccc4n3)C2C=C1. The van der Waals surface area contributed by atoms with Gasteiger partial charge in [-0.3, -0.25) is 0 Å². The molecule has 3 aliphatic rings. The summed E-state index contributed by atoms with van der Waals surface area (Å²) in [7, 11) is 0. The van der Waals surface area contributed by atoms with E-state index in [0.717, 1.165) is 46.6 Å². The Morgan fingerprint density at radius 3 is 2.33 bits per heavy atom. The lowest BCUT2D eigenvalue weighted by Gasteiger charge is -2.27. The van der Waals surface area contributed by atoms with Crippen LogP contribution in [0.25, 0.3) is 66.9 Å². The van der Waals surface area contributed by atoms with Gasteiger partial charge in [-0.05, 0) is 89.2 Å². The maximum absolute atomic E-state index is 5.29.